The van der Waals surface area contributed by atoms with Gasteiger partial charge in [-0.25, -0.2) is 13.1 Å². The summed E-state index contributed by atoms with van der Waals surface area (Å²) in [6, 6.07) is 10.7. The summed E-state index contributed by atoms with van der Waals surface area (Å²) >= 11 is 4.98. The van der Waals surface area contributed by atoms with Gasteiger partial charge in [0.15, 0.2) is 0 Å². The van der Waals surface area contributed by atoms with Crippen molar-refractivity contribution in [2.24, 2.45) is 0 Å². The first-order valence-electron chi connectivity index (χ1n) is 9.25. The van der Waals surface area contributed by atoms with Gasteiger partial charge in [-0.15, -0.1) is 11.3 Å². The molecule has 0 aliphatic carbocycles. The van der Waals surface area contributed by atoms with Gasteiger partial charge in [0.25, 0.3) is 0 Å². The first-order chi connectivity index (χ1) is 13.5. The molecule has 0 radical (unpaired) electrons. The van der Waals surface area contributed by atoms with E-state index in [0.717, 1.165) is 17.6 Å². The van der Waals surface area contributed by atoms with Crippen molar-refractivity contribution >= 4 is 43.2 Å². The van der Waals surface area contributed by atoms with Crippen LogP contribution in [0.5, 0.6) is 0 Å². The molecule has 1 aliphatic heterocycles. The summed E-state index contributed by atoms with van der Waals surface area (Å²) in [6.07, 6.45) is 2.48. The highest BCUT2D eigenvalue weighted by atomic mass is 79.9. The van der Waals surface area contributed by atoms with Crippen molar-refractivity contribution in [3.05, 3.63) is 51.1 Å². The number of benzene rings is 1. The number of hydrogen-bond acceptors (Lipinski definition) is 5. The van der Waals surface area contributed by atoms with Gasteiger partial charge in [-0.1, -0.05) is 22.0 Å². The van der Waals surface area contributed by atoms with Crippen LogP contribution in [0, 0.1) is 0 Å². The molecule has 1 fully saturated rings. The van der Waals surface area contributed by atoms with Crippen LogP contribution in [0.2, 0.25) is 0 Å². The number of halogens is 1. The molecule has 1 saturated heterocycles. The van der Waals surface area contributed by atoms with Crippen molar-refractivity contribution in [1.29, 1.82) is 0 Å². The maximum Gasteiger partial charge on any atom is 0.240 e. The molecule has 1 aliphatic rings. The Hall–Kier alpha value is -1.26. The maximum absolute atomic E-state index is 12.3. The van der Waals surface area contributed by atoms with E-state index in [9.17, 15) is 13.2 Å². The zero-order chi connectivity index (χ0) is 20.0. The number of hydrogen-bond donors (Lipinski definition) is 2. The lowest BCUT2D eigenvalue weighted by Crippen LogP contribution is -2.37. The van der Waals surface area contributed by atoms with E-state index in [4.69, 9.17) is 0 Å². The van der Waals surface area contributed by atoms with E-state index in [1.807, 2.05) is 6.07 Å². The van der Waals surface area contributed by atoms with Gasteiger partial charge in [-0.2, -0.15) is 0 Å². The SMILES string of the molecule is O=C(CCNS(=O)(=O)c1ccc(Br)cc1)NCC(c1cccs1)N1CCCC1. The lowest BCUT2D eigenvalue weighted by molar-refractivity contribution is -0.121. The van der Waals surface area contributed by atoms with E-state index >= 15 is 0 Å². The highest BCUT2D eigenvalue weighted by Crippen LogP contribution is 2.27. The average molecular weight is 486 g/mol. The number of likely N-dealkylation sites (tertiary alicyclic amines) is 1. The molecule has 0 bridgehead atoms. The van der Waals surface area contributed by atoms with Gasteiger partial charge in [-0.05, 0) is 61.6 Å². The number of sulfonamides is 1. The fourth-order valence-electron chi connectivity index (χ4n) is 3.24. The minimum absolute atomic E-state index is 0.0671. The number of rotatable bonds is 9. The van der Waals surface area contributed by atoms with Crippen molar-refractivity contribution in [2.75, 3.05) is 26.2 Å². The molecule has 9 heteroatoms. The number of carbonyl (C=O) groups is 1. The maximum atomic E-state index is 12.3. The first-order valence-corrected chi connectivity index (χ1v) is 12.4. The molecule has 1 aromatic carbocycles. The van der Waals surface area contributed by atoms with Crippen LogP contribution in [0.1, 0.15) is 30.2 Å². The molecule has 152 valence electrons. The summed E-state index contributed by atoms with van der Waals surface area (Å²) in [7, 11) is -3.61. The van der Waals surface area contributed by atoms with Gasteiger partial charge in [-0.3, -0.25) is 9.69 Å². The minimum atomic E-state index is -3.61. The smallest absolute Gasteiger partial charge is 0.240 e. The first kappa shape index (κ1) is 21.4. The fourth-order valence-corrected chi connectivity index (χ4v) is 5.40. The Morgan fingerprint density at radius 3 is 2.54 bits per heavy atom. The molecule has 0 spiro atoms. The molecule has 1 aromatic heterocycles. The zero-order valence-corrected chi connectivity index (χ0v) is 18.7. The molecule has 2 aromatic rings. The van der Waals surface area contributed by atoms with E-state index in [2.05, 4.69) is 42.3 Å². The second-order valence-electron chi connectivity index (χ2n) is 6.68. The molecule has 6 nitrogen and oxygen atoms in total. The zero-order valence-electron chi connectivity index (χ0n) is 15.4. The molecule has 28 heavy (non-hydrogen) atoms. The van der Waals surface area contributed by atoms with Gasteiger partial charge in [0.2, 0.25) is 15.9 Å². The average Bonchev–Trinajstić information content (AvgIpc) is 3.37. The molecule has 0 saturated carbocycles. The highest BCUT2D eigenvalue weighted by molar-refractivity contribution is 9.10. The Kier molecular flexibility index (Phi) is 7.64. The largest absolute Gasteiger partial charge is 0.354 e. The molecular formula is C19H24BrN3O3S2. The van der Waals surface area contributed by atoms with E-state index in [0.29, 0.717) is 6.54 Å². The molecule has 1 amide bonds. The van der Waals surface area contributed by atoms with Crippen molar-refractivity contribution in [2.45, 2.75) is 30.2 Å². The van der Waals surface area contributed by atoms with Gasteiger partial charge >= 0.3 is 0 Å². The van der Waals surface area contributed by atoms with E-state index < -0.39 is 10.0 Å². The van der Waals surface area contributed by atoms with Gasteiger partial charge < -0.3 is 5.32 Å². The van der Waals surface area contributed by atoms with Crippen LogP contribution in [-0.4, -0.2) is 45.4 Å². The number of thiophene rings is 1. The topological polar surface area (TPSA) is 78.5 Å². The lowest BCUT2D eigenvalue weighted by atomic mass is 10.2. The van der Waals surface area contributed by atoms with Crippen molar-refractivity contribution in [3.63, 3.8) is 0 Å². The predicted octanol–water partition coefficient (Wildman–Crippen LogP) is 3.13. The van der Waals surface area contributed by atoms with Gasteiger partial charge in [0.1, 0.15) is 0 Å². The second kappa shape index (κ2) is 9.98. The van der Waals surface area contributed by atoms with E-state index in [1.54, 1.807) is 23.5 Å². The third-order valence-electron chi connectivity index (χ3n) is 4.71. The number of carbonyl (C=O) groups excluding carboxylic acids is 1. The summed E-state index contributed by atoms with van der Waals surface area (Å²) in [5.74, 6) is -0.153. The predicted molar refractivity (Wildman–Crippen MR) is 115 cm³/mol. The van der Waals surface area contributed by atoms with Crippen molar-refractivity contribution < 1.29 is 13.2 Å². The summed E-state index contributed by atoms with van der Waals surface area (Å²) < 4.78 is 27.8. The van der Waals surface area contributed by atoms with E-state index in [1.165, 1.54) is 29.9 Å². The summed E-state index contributed by atoms with van der Waals surface area (Å²) in [6.45, 7) is 2.70. The van der Waals surface area contributed by atoms with Gasteiger partial charge in [0, 0.05) is 28.9 Å². The fraction of sp³-hybridized carbons (Fsp3) is 0.421. The molecule has 3 rings (SSSR count). The standard InChI is InChI=1S/C19H24BrN3O3S2/c20-15-5-7-16(8-6-15)28(25,26)22-10-9-19(24)21-14-17(18-4-3-13-27-18)23-11-1-2-12-23/h3-8,13,17,22H,1-2,9-12,14H2,(H,21,24). The Labute approximate surface area is 178 Å². The molecule has 1 unspecified atom stereocenters. The number of nitrogens with one attached hydrogen (secondary N) is 2. The Bertz CT molecular complexity index is 864. The minimum Gasteiger partial charge on any atom is -0.354 e. The molecule has 1 atom stereocenters. The van der Waals surface area contributed by atoms with Crippen LogP contribution >= 0.6 is 27.3 Å². The second-order valence-corrected chi connectivity index (χ2v) is 10.3. The quantitative estimate of drug-likeness (QED) is 0.571. The van der Waals surface area contributed by atoms with Gasteiger partial charge in [0.05, 0.1) is 10.9 Å². The summed E-state index contributed by atoms with van der Waals surface area (Å²) in [4.78, 5) is 16.1. The molecule has 2 heterocycles. The van der Waals surface area contributed by atoms with Crippen LogP contribution in [0.15, 0.2) is 51.1 Å². The van der Waals surface area contributed by atoms with Crippen LogP contribution < -0.4 is 10.0 Å². The van der Waals surface area contributed by atoms with Crippen LogP contribution in [0.3, 0.4) is 0 Å². The summed E-state index contributed by atoms with van der Waals surface area (Å²) in [5.41, 5.74) is 0. The van der Waals surface area contributed by atoms with E-state index in [-0.39, 0.29) is 29.8 Å². The number of nitrogens with zero attached hydrogens (tertiary/aromatic N) is 1. The monoisotopic (exact) mass is 485 g/mol. The third-order valence-corrected chi connectivity index (χ3v) is 7.69. The van der Waals surface area contributed by atoms with Crippen LogP contribution in [0.25, 0.3) is 0 Å². The Morgan fingerprint density at radius 2 is 1.89 bits per heavy atom. The normalized spacial score (nSPS) is 16.2. The van der Waals surface area contributed by atoms with Crippen LogP contribution in [-0.2, 0) is 14.8 Å². The Morgan fingerprint density at radius 1 is 1.18 bits per heavy atom. The van der Waals surface area contributed by atoms with Crippen molar-refractivity contribution in [3.8, 4) is 0 Å². The molecular weight excluding hydrogens is 462 g/mol. The lowest BCUT2D eigenvalue weighted by Gasteiger charge is -2.26. The van der Waals surface area contributed by atoms with Crippen LogP contribution in [0.4, 0.5) is 0 Å². The third kappa shape index (κ3) is 5.87. The molecule has 2 N–H and O–H groups in total. The Balaban J connectivity index is 1.47. The number of amides is 1. The highest BCUT2D eigenvalue weighted by Gasteiger charge is 2.24. The summed E-state index contributed by atoms with van der Waals surface area (Å²) in [5, 5.41) is 5.02. The van der Waals surface area contributed by atoms with Crippen molar-refractivity contribution in [1.82, 2.24) is 14.9 Å².